The topological polar surface area (TPSA) is 15.3 Å². The molecule has 2 fully saturated rings. The zero-order valence-electron chi connectivity index (χ0n) is 12.9. The minimum absolute atomic E-state index is 0.389. The largest absolute Gasteiger partial charge is 0.307 e. The molecule has 0 amide bonds. The Hall–Kier alpha value is -0.860. The van der Waals surface area contributed by atoms with Gasteiger partial charge in [0.1, 0.15) is 0 Å². The summed E-state index contributed by atoms with van der Waals surface area (Å²) in [6, 6.07) is 11.4. The van der Waals surface area contributed by atoms with Crippen LogP contribution in [-0.4, -0.2) is 30.1 Å². The highest BCUT2D eigenvalue weighted by Crippen LogP contribution is 2.45. The first-order valence-corrected chi connectivity index (χ1v) is 8.27. The summed E-state index contributed by atoms with van der Waals surface area (Å²) >= 11 is 0. The van der Waals surface area contributed by atoms with Gasteiger partial charge in [0.25, 0.3) is 0 Å². The lowest BCUT2D eigenvalue weighted by molar-refractivity contribution is 0.0335. The third-order valence-electron chi connectivity index (χ3n) is 5.27. The maximum absolute atomic E-state index is 3.81. The summed E-state index contributed by atoms with van der Waals surface area (Å²) in [5.74, 6) is 0.920. The van der Waals surface area contributed by atoms with Crippen molar-refractivity contribution < 1.29 is 0 Å². The van der Waals surface area contributed by atoms with E-state index in [9.17, 15) is 0 Å². The predicted molar refractivity (Wildman–Crippen MR) is 84.8 cm³/mol. The quantitative estimate of drug-likeness (QED) is 0.881. The van der Waals surface area contributed by atoms with Gasteiger partial charge in [0.15, 0.2) is 0 Å². The van der Waals surface area contributed by atoms with Crippen LogP contribution in [0.4, 0.5) is 0 Å². The van der Waals surface area contributed by atoms with Gasteiger partial charge in [0.05, 0.1) is 0 Å². The lowest BCUT2D eigenvalue weighted by Gasteiger charge is -2.49. The SMILES string of the molecule is CCCCN1CC(c2ccccc2)NCC1(C)C1CC1. The molecular weight excluding hydrogens is 244 g/mol. The van der Waals surface area contributed by atoms with Crippen LogP contribution in [0.3, 0.4) is 0 Å². The van der Waals surface area contributed by atoms with Gasteiger partial charge in [-0.2, -0.15) is 0 Å². The molecule has 1 aromatic rings. The van der Waals surface area contributed by atoms with Crippen molar-refractivity contribution >= 4 is 0 Å². The summed E-state index contributed by atoms with van der Waals surface area (Å²) in [5.41, 5.74) is 1.83. The Balaban J connectivity index is 1.73. The Morgan fingerprint density at radius 3 is 2.65 bits per heavy atom. The first-order chi connectivity index (χ1) is 9.74. The van der Waals surface area contributed by atoms with Crippen molar-refractivity contribution in [1.82, 2.24) is 10.2 Å². The third-order valence-corrected chi connectivity index (χ3v) is 5.27. The van der Waals surface area contributed by atoms with Crippen LogP contribution in [0, 0.1) is 5.92 Å². The molecule has 110 valence electrons. The lowest BCUT2D eigenvalue weighted by Crippen LogP contribution is -2.61. The van der Waals surface area contributed by atoms with Gasteiger partial charge < -0.3 is 5.32 Å². The Morgan fingerprint density at radius 1 is 1.25 bits per heavy atom. The summed E-state index contributed by atoms with van der Waals surface area (Å²) in [4.78, 5) is 2.78. The van der Waals surface area contributed by atoms with E-state index in [4.69, 9.17) is 0 Å². The number of rotatable bonds is 5. The molecule has 0 radical (unpaired) electrons. The van der Waals surface area contributed by atoms with E-state index in [1.54, 1.807) is 0 Å². The molecule has 1 saturated heterocycles. The maximum atomic E-state index is 3.81. The fourth-order valence-corrected chi connectivity index (χ4v) is 3.65. The van der Waals surface area contributed by atoms with E-state index in [1.807, 2.05) is 0 Å². The Morgan fingerprint density at radius 2 is 2.00 bits per heavy atom. The number of nitrogens with zero attached hydrogens (tertiary/aromatic N) is 1. The van der Waals surface area contributed by atoms with Crippen molar-refractivity contribution in [1.29, 1.82) is 0 Å². The number of nitrogens with one attached hydrogen (secondary N) is 1. The first-order valence-electron chi connectivity index (χ1n) is 8.27. The molecule has 2 aliphatic rings. The average Bonchev–Trinajstić information content (AvgIpc) is 3.32. The smallest absolute Gasteiger partial charge is 0.0450 e. The number of benzene rings is 1. The standard InChI is InChI=1S/C18H28N2/c1-3-4-12-20-13-17(15-8-6-5-7-9-15)19-14-18(20,2)16-10-11-16/h5-9,16-17,19H,3-4,10-14H2,1-2H3. The lowest BCUT2D eigenvalue weighted by atomic mass is 9.88. The second kappa shape index (κ2) is 5.87. The predicted octanol–water partition coefficient (Wildman–Crippen LogP) is 3.60. The molecule has 2 atom stereocenters. The van der Waals surface area contributed by atoms with E-state index in [1.165, 1.54) is 37.8 Å². The second-order valence-corrected chi connectivity index (χ2v) is 6.78. The fraction of sp³-hybridized carbons (Fsp3) is 0.667. The molecule has 1 aliphatic carbocycles. The molecule has 1 saturated carbocycles. The van der Waals surface area contributed by atoms with Crippen molar-refractivity contribution in [2.45, 2.75) is 51.1 Å². The van der Waals surface area contributed by atoms with Crippen LogP contribution in [0.15, 0.2) is 30.3 Å². The van der Waals surface area contributed by atoms with E-state index in [-0.39, 0.29) is 0 Å². The van der Waals surface area contributed by atoms with Gasteiger partial charge >= 0.3 is 0 Å². The molecule has 3 rings (SSSR count). The first kappa shape index (κ1) is 14.1. The van der Waals surface area contributed by atoms with Crippen LogP contribution < -0.4 is 5.32 Å². The highest BCUT2D eigenvalue weighted by Gasteiger charge is 2.48. The number of hydrogen-bond donors (Lipinski definition) is 1. The van der Waals surface area contributed by atoms with Gasteiger partial charge in [-0.25, -0.2) is 0 Å². The molecule has 0 bridgehead atoms. The van der Waals surface area contributed by atoms with Crippen molar-refractivity contribution in [2.24, 2.45) is 5.92 Å². The van der Waals surface area contributed by atoms with Gasteiger partial charge in [-0.3, -0.25) is 4.90 Å². The molecule has 1 heterocycles. The molecule has 2 unspecified atom stereocenters. The van der Waals surface area contributed by atoms with Gasteiger partial charge in [0.2, 0.25) is 0 Å². The van der Waals surface area contributed by atoms with Crippen molar-refractivity contribution in [2.75, 3.05) is 19.6 Å². The highest BCUT2D eigenvalue weighted by atomic mass is 15.3. The monoisotopic (exact) mass is 272 g/mol. The van der Waals surface area contributed by atoms with Gasteiger partial charge in [0, 0.05) is 24.7 Å². The molecule has 0 aromatic heterocycles. The minimum Gasteiger partial charge on any atom is -0.307 e. The zero-order valence-corrected chi connectivity index (χ0v) is 12.9. The van der Waals surface area contributed by atoms with E-state index in [2.05, 4.69) is 54.4 Å². The molecule has 0 spiro atoms. The highest BCUT2D eigenvalue weighted by molar-refractivity contribution is 5.21. The second-order valence-electron chi connectivity index (χ2n) is 6.78. The van der Waals surface area contributed by atoms with Crippen LogP contribution in [0.5, 0.6) is 0 Å². The van der Waals surface area contributed by atoms with Crippen LogP contribution in [-0.2, 0) is 0 Å². The Labute approximate surface area is 123 Å². The number of unbranched alkanes of at least 4 members (excludes halogenated alkanes) is 1. The van der Waals surface area contributed by atoms with Gasteiger partial charge in [-0.1, -0.05) is 43.7 Å². The summed E-state index contributed by atoms with van der Waals surface area (Å²) < 4.78 is 0. The number of piperazine rings is 1. The van der Waals surface area contributed by atoms with E-state index in [0.717, 1.165) is 19.0 Å². The summed E-state index contributed by atoms with van der Waals surface area (Å²) in [6.45, 7) is 8.34. The van der Waals surface area contributed by atoms with Crippen LogP contribution in [0.1, 0.15) is 51.1 Å². The Kier molecular flexibility index (Phi) is 4.13. The molecule has 1 N–H and O–H groups in total. The van der Waals surface area contributed by atoms with Gasteiger partial charge in [-0.05, 0) is 44.2 Å². The van der Waals surface area contributed by atoms with Crippen molar-refractivity contribution in [3.8, 4) is 0 Å². The molecule has 2 heteroatoms. The van der Waals surface area contributed by atoms with Gasteiger partial charge in [-0.15, -0.1) is 0 Å². The van der Waals surface area contributed by atoms with Crippen LogP contribution in [0.2, 0.25) is 0 Å². The van der Waals surface area contributed by atoms with Crippen LogP contribution >= 0.6 is 0 Å². The summed E-state index contributed by atoms with van der Waals surface area (Å²) in [7, 11) is 0. The van der Waals surface area contributed by atoms with E-state index in [0.29, 0.717) is 11.6 Å². The molecule has 20 heavy (non-hydrogen) atoms. The van der Waals surface area contributed by atoms with E-state index >= 15 is 0 Å². The van der Waals surface area contributed by atoms with Crippen molar-refractivity contribution in [3.63, 3.8) is 0 Å². The van der Waals surface area contributed by atoms with E-state index < -0.39 is 0 Å². The molecule has 1 aromatic carbocycles. The fourth-order valence-electron chi connectivity index (χ4n) is 3.65. The number of hydrogen-bond acceptors (Lipinski definition) is 2. The Bertz CT molecular complexity index is 426. The van der Waals surface area contributed by atoms with Crippen LogP contribution in [0.25, 0.3) is 0 Å². The molecule has 1 aliphatic heterocycles. The average molecular weight is 272 g/mol. The normalized spacial score (nSPS) is 31.4. The summed E-state index contributed by atoms with van der Waals surface area (Å²) in [6.07, 6.45) is 5.47. The van der Waals surface area contributed by atoms with Crippen molar-refractivity contribution in [3.05, 3.63) is 35.9 Å². The zero-order chi connectivity index (χ0) is 14.0. The third kappa shape index (κ3) is 2.77. The molecule has 2 nitrogen and oxygen atoms in total. The minimum atomic E-state index is 0.389. The molecular formula is C18H28N2. The maximum Gasteiger partial charge on any atom is 0.0450 e. The summed E-state index contributed by atoms with van der Waals surface area (Å²) in [5, 5.41) is 3.81.